The zero-order chi connectivity index (χ0) is 17.3. The second-order valence-corrected chi connectivity index (χ2v) is 8.00. The molecule has 0 aliphatic carbocycles. The van der Waals surface area contributed by atoms with Crippen molar-refractivity contribution >= 4 is 29.0 Å². The summed E-state index contributed by atoms with van der Waals surface area (Å²) in [5.74, 6) is -0.428. The molecule has 0 bridgehead atoms. The molecule has 0 saturated heterocycles. The third-order valence-electron chi connectivity index (χ3n) is 3.87. The van der Waals surface area contributed by atoms with Crippen LogP contribution in [0, 0.1) is 5.92 Å². The Bertz CT molecular complexity index is 746. The maximum Gasteiger partial charge on any atom is 0.421 e. The number of benzene rings is 1. The smallest absolute Gasteiger partial charge is 0.421 e. The Hall–Kier alpha value is -2.14. The number of para-hydroxylation sites is 1. The van der Waals surface area contributed by atoms with Crippen LogP contribution in [0.15, 0.2) is 41.8 Å². The summed E-state index contributed by atoms with van der Waals surface area (Å²) in [5.41, 5.74) is 0.996. The summed E-state index contributed by atoms with van der Waals surface area (Å²) in [5, 5.41) is 2.00. The minimum absolute atomic E-state index is 0.184. The molecular formula is C19H21NO3S. The number of carbonyl (C=O) groups is 2. The van der Waals surface area contributed by atoms with Gasteiger partial charge in [0.05, 0.1) is 5.69 Å². The Kier molecular flexibility index (Phi) is 4.45. The van der Waals surface area contributed by atoms with Crippen molar-refractivity contribution in [1.82, 2.24) is 0 Å². The monoisotopic (exact) mass is 343 g/mol. The number of carbonyl (C=O) groups excluding carboxylic acids is 2. The number of amides is 2. The van der Waals surface area contributed by atoms with E-state index in [9.17, 15) is 9.59 Å². The third kappa shape index (κ3) is 3.51. The molecule has 24 heavy (non-hydrogen) atoms. The molecule has 0 spiro atoms. The molecule has 0 saturated carbocycles. The van der Waals surface area contributed by atoms with Crippen LogP contribution in [-0.4, -0.2) is 17.6 Å². The molecule has 0 fully saturated rings. The molecule has 1 aromatic heterocycles. The van der Waals surface area contributed by atoms with Crippen LogP contribution in [0.4, 0.5) is 10.5 Å². The zero-order valence-corrected chi connectivity index (χ0v) is 14.9. The number of rotatable bonds is 2. The first-order valence-corrected chi connectivity index (χ1v) is 8.90. The number of nitrogens with zero attached hydrogens (tertiary/aromatic N) is 1. The SMILES string of the molecule is CC(C)(C)OC(=O)N1C(=O)[C@@H](Cc2cccs2)Cc2ccccc21. The average molecular weight is 343 g/mol. The van der Waals surface area contributed by atoms with Gasteiger partial charge >= 0.3 is 6.09 Å². The predicted octanol–water partition coefficient (Wildman–Crippen LogP) is 4.43. The third-order valence-corrected chi connectivity index (χ3v) is 4.77. The number of hydrogen-bond acceptors (Lipinski definition) is 4. The van der Waals surface area contributed by atoms with Crippen molar-refractivity contribution in [3.63, 3.8) is 0 Å². The van der Waals surface area contributed by atoms with E-state index in [-0.39, 0.29) is 11.8 Å². The summed E-state index contributed by atoms with van der Waals surface area (Å²) in [7, 11) is 0. The van der Waals surface area contributed by atoms with Gasteiger partial charge in [-0.1, -0.05) is 24.3 Å². The predicted molar refractivity (Wildman–Crippen MR) is 95.4 cm³/mol. The van der Waals surface area contributed by atoms with Gasteiger partial charge in [0.2, 0.25) is 5.91 Å². The molecule has 1 aliphatic rings. The van der Waals surface area contributed by atoms with Gasteiger partial charge in [-0.25, -0.2) is 9.69 Å². The van der Waals surface area contributed by atoms with Crippen molar-refractivity contribution < 1.29 is 14.3 Å². The van der Waals surface area contributed by atoms with Crippen LogP contribution in [0.25, 0.3) is 0 Å². The molecule has 2 heterocycles. The zero-order valence-electron chi connectivity index (χ0n) is 14.1. The summed E-state index contributed by atoms with van der Waals surface area (Å²) in [6.45, 7) is 5.40. The molecular weight excluding hydrogens is 322 g/mol. The first-order valence-electron chi connectivity index (χ1n) is 8.02. The van der Waals surface area contributed by atoms with E-state index in [0.717, 1.165) is 10.4 Å². The van der Waals surface area contributed by atoms with Crippen LogP contribution in [0.2, 0.25) is 0 Å². The number of anilines is 1. The number of imide groups is 1. The lowest BCUT2D eigenvalue weighted by Gasteiger charge is -2.33. The largest absolute Gasteiger partial charge is 0.443 e. The Morgan fingerprint density at radius 1 is 1.25 bits per heavy atom. The summed E-state index contributed by atoms with van der Waals surface area (Å²) in [6, 6.07) is 11.6. The van der Waals surface area contributed by atoms with Gasteiger partial charge in [-0.05, 0) is 56.7 Å². The Morgan fingerprint density at radius 2 is 2.00 bits per heavy atom. The molecule has 1 atom stereocenters. The Balaban J connectivity index is 1.93. The molecule has 1 aliphatic heterocycles. The van der Waals surface area contributed by atoms with Gasteiger partial charge in [-0.3, -0.25) is 4.79 Å². The van der Waals surface area contributed by atoms with Gasteiger partial charge in [0, 0.05) is 10.8 Å². The quantitative estimate of drug-likeness (QED) is 0.810. The maximum absolute atomic E-state index is 13.0. The van der Waals surface area contributed by atoms with Crippen LogP contribution >= 0.6 is 11.3 Å². The second-order valence-electron chi connectivity index (χ2n) is 6.97. The van der Waals surface area contributed by atoms with Crippen molar-refractivity contribution in [3.8, 4) is 0 Å². The van der Waals surface area contributed by atoms with Crippen LogP contribution in [-0.2, 0) is 22.4 Å². The van der Waals surface area contributed by atoms with E-state index in [4.69, 9.17) is 4.74 Å². The topological polar surface area (TPSA) is 46.6 Å². The molecule has 2 amide bonds. The van der Waals surface area contributed by atoms with E-state index in [2.05, 4.69) is 0 Å². The standard InChI is InChI=1S/C19H21NO3S/c1-19(2,3)23-18(22)20-16-9-5-4-7-13(16)11-14(17(20)21)12-15-8-6-10-24-15/h4-10,14H,11-12H2,1-3H3/t14-/m1/s1. The molecule has 0 radical (unpaired) electrons. The van der Waals surface area contributed by atoms with Crippen molar-refractivity contribution in [2.24, 2.45) is 5.92 Å². The molecule has 5 heteroatoms. The Morgan fingerprint density at radius 3 is 2.67 bits per heavy atom. The van der Waals surface area contributed by atoms with Crippen molar-refractivity contribution in [1.29, 1.82) is 0 Å². The van der Waals surface area contributed by atoms with E-state index < -0.39 is 11.7 Å². The van der Waals surface area contributed by atoms with Crippen LogP contribution in [0.5, 0.6) is 0 Å². The highest BCUT2D eigenvalue weighted by molar-refractivity contribution is 7.09. The molecule has 0 N–H and O–H groups in total. The fraction of sp³-hybridized carbons (Fsp3) is 0.368. The lowest BCUT2D eigenvalue weighted by Crippen LogP contribution is -2.47. The lowest BCUT2D eigenvalue weighted by molar-refractivity contribution is -0.122. The van der Waals surface area contributed by atoms with E-state index in [1.165, 1.54) is 4.90 Å². The van der Waals surface area contributed by atoms with Crippen molar-refractivity contribution in [3.05, 3.63) is 52.2 Å². The van der Waals surface area contributed by atoms with Crippen LogP contribution in [0.1, 0.15) is 31.2 Å². The first-order chi connectivity index (χ1) is 11.3. The fourth-order valence-corrected chi connectivity index (χ4v) is 3.67. The van der Waals surface area contributed by atoms with Crippen molar-refractivity contribution in [2.45, 2.75) is 39.2 Å². The van der Waals surface area contributed by atoms with Crippen LogP contribution < -0.4 is 4.90 Å². The summed E-state index contributed by atoms with van der Waals surface area (Å²) in [6.07, 6.45) is 0.687. The fourth-order valence-electron chi connectivity index (χ4n) is 2.88. The summed E-state index contributed by atoms with van der Waals surface area (Å²) in [4.78, 5) is 28.0. The number of hydrogen-bond donors (Lipinski definition) is 0. The minimum atomic E-state index is -0.646. The second kappa shape index (κ2) is 6.40. The van der Waals surface area contributed by atoms with Gasteiger partial charge in [0.25, 0.3) is 0 Å². The molecule has 2 aromatic rings. The van der Waals surface area contributed by atoms with Gasteiger partial charge < -0.3 is 4.74 Å². The number of thiophene rings is 1. The number of ether oxygens (including phenoxy) is 1. The van der Waals surface area contributed by atoms with Crippen LogP contribution in [0.3, 0.4) is 0 Å². The minimum Gasteiger partial charge on any atom is -0.443 e. The van der Waals surface area contributed by atoms with E-state index >= 15 is 0 Å². The van der Waals surface area contributed by atoms with Gasteiger partial charge in [-0.2, -0.15) is 0 Å². The highest BCUT2D eigenvalue weighted by Crippen LogP contribution is 2.33. The Labute approximate surface area is 146 Å². The summed E-state index contributed by atoms with van der Waals surface area (Å²) < 4.78 is 5.46. The maximum atomic E-state index is 13.0. The average Bonchev–Trinajstić information content (AvgIpc) is 2.99. The molecule has 1 aromatic carbocycles. The van der Waals surface area contributed by atoms with E-state index in [1.807, 2.05) is 35.7 Å². The molecule has 4 nitrogen and oxygen atoms in total. The summed E-state index contributed by atoms with van der Waals surface area (Å²) >= 11 is 1.63. The highest BCUT2D eigenvalue weighted by atomic mass is 32.1. The first kappa shape index (κ1) is 16.7. The van der Waals surface area contributed by atoms with Gasteiger partial charge in [0.15, 0.2) is 0 Å². The molecule has 0 unspecified atom stereocenters. The lowest BCUT2D eigenvalue weighted by atomic mass is 9.89. The highest BCUT2D eigenvalue weighted by Gasteiger charge is 2.38. The van der Waals surface area contributed by atoms with Gasteiger partial charge in [-0.15, -0.1) is 11.3 Å². The van der Waals surface area contributed by atoms with Crippen molar-refractivity contribution in [2.75, 3.05) is 4.90 Å². The number of fused-ring (bicyclic) bond motifs is 1. The van der Waals surface area contributed by atoms with Gasteiger partial charge in [0.1, 0.15) is 5.60 Å². The normalized spacial score (nSPS) is 17.5. The van der Waals surface area contributed by atoms with E-state index in [1.54, 1.807) is 38.2 Å². The van der Waals surface area contributed by atoms with E-state index in [0.29, 0.717) is 18.5 Å². The molecule has 3 rings (SSSR count). The molecule has 126 valence electrons.